The van der Waals surface area contributed by atoms with Crippen molar-refractivity contribution in [1.82, 2.24) is 5.16 Å². The Labute approximate surface area is 128 Å². The minimum atomic E-state index is -0.277. The van der Waals surface area contributed by atoms with E-state index >= 15 is 0 Å². The van der Waals surface area contributed by atoms with Crippen molar-refractivity contribution >= 4 is 23.2 Å². The first kappa shape index (κ1) is 14.3. The van der Waals surface area contributed by atoms with Crippen LogP contribution in [-0.4, -0.2) is 23.5 Å². The van der Waals surface area contributed by atoms with Gasteiger partial charge in [0.2, 0.25) is 5.91 Å². The summed E-state index contributed by atoms with van der Waals surface area (Å²) in [6.07, 6.45) is 2.84. The van der Waals surface area contributed by atoms with E-state index in [2.05, 4.69) is 10.5 Å². The molecule has 3 rings (SSSR count). The molecule has 0 bridgehead atoms. The van der Waals surface area contributed by atoms with Crippen molar-refractivity contribution in [2.24, 2.45) is 0 Å². The Morgan fingerprint density at radius 1 is 1.36 bits per heavy atom. The Balaban J connectivity index is 1.85. The van der Waals surface area contributed by atoms with Crippen molar-refractivity contribution in [2.75, 3.05) is 16.8 Å². The van der Waals surface area contributed by atoms with Gasteiger partial charge in [-0.1, -0.05) is 11.2 Å². The van der Waals surface area contributed by atoms with Gasteiger partial charge in [0.15, 0.2) is 0 Å². The molecular weight excluding hydrogens is 282 g/mol. The fraction of sp³-hybridized carbons (Fsp3) is 0.312. The van der Waals surface area contributed by atoms with Crippen LogP contribution in [0.1, 0.15) is 34.5 Å². The molecule has 1 saturated heterocycles. The highest BCUT2D eigenvalue weighted by atomic mass is 16.5. The van der Waals surface area contributed by atoms with E-state index in [4.69, 9.17) is 4.52 Å². The number of nitrogens with zero attached hydrogens (tertiary/aromatic N) is 2. The lowest BCUT2D eigenvalue weighted by Crippen LogP contribution is -2.24. The third-order valence-corrected chi connectivity index (χ3v) is 3.83. The molecule has 114 valence electrons. The second-order valence-corrected chi connectivity index (χ2v) is 5.40. The molecule has 1 N–H and O–H groups in total. The van der Waals surface area contributed by atoms with Crippen molar-refractivity contribution in [3.05, 3.63) is 41.3 Å². The van der Waals surface area contributed by atoms with Gasteiger partial charge in [0.1, 0.15) is 11.3 Å². The van der Waals surface area contributed by atoms with Crippen LogP contribution in [-0.2, 0) is 4.79 Å². The average Bonchev–Trinajstić information content (AvgIpc) is 3.09. The summed E-state index contributed by atoms with van der Waals surface area (Å²) in [7, 11) is 0. The minimum absolute atomic E-state index is 0.126. The highest BCUT2D eigenvalue weighted by molar-refractivity contribution is 6.05. The van der Waals surface area contributed by atoms with Gasteiger partial charge in [-0.3, -0.25) is 9.59 Å². The molecule has 0 atom stereocenters. The number of hydrogen-bond donors (Lipinski definition) is 1. The number of aromatic nitrogens is 1. The van der Waals surface area contributed by atoms with Crippen molar-refractivity contribution < 1.29 is 14.1 Å². The Morgan fingerprint density at radius 2 is 2.18 bits per heavy atom. The van der Waals surface area contributed by atoms with Gasteiger partial charge in [0, 0.05) is 24.3 Å². The number of aryl methyl sites for hydroxylation is 2. The summed E-state index contributed by atoms with van der Waals surface area (Å²) in [5, 5.41) is 6.41. The van der Waals surface area contributed by atoms with Crippen molar-refractivity contribution in [3.8, 4) is 0 Å². The topological polar surface area (TPSA) is 75.4 Å². The van der Waals surface area contributed by atoms with Crippen molar-refractivity contribution in [2.45, 2.75) is 26.7 Å². The Bertz CT molecular complexity index is 736. The van der Waals surface area contributed by atoms with Gasteiger partial charge in [0.25, 0.3) is 5.91 Å². The molecule has 2 amide bonds. The number of amides is 2. The number of benzene rings is 1. The zero-order valence-corrected chi connectivity index (χ0v) is 12.5. The molecule has 1 aromatic carbocycles. The summed E-state index contributed by atoms with van der Waals surface area (Å²) in [6, 6.07) is 5.55. The predicted molar refractivity (Wildman–Crippen MR) is 82.0 cm³/mol. The summed E-state index contributed by atoms with van der Waals surface area (Å²) in [5.41, 5.74) is 2.90. The van der Waals surface area contributed by atoms with E-state index in [0.717, 1.165) is 24.2 Å². The molecule has 1 aliphatic heterocycles. The van der Waals surface area contributed by atoms with Gasteiger partial charge < -0.3 is 14.7 Å². The van der Waals surface area contributed by atoms with Crippen molar-refractivity contribution in [3.63, 3.8) is 0 Å². The third-order valence-electron chi connectivity index (χ3n) is 3.83. The third kappa shape index (κ3) is 2.59. The van der Waals surface area contributed by atoms with Crippen LogP contribution in [0.15, 0.2) is 28.9 Å². The SMILES string of the molecule is Cc1ccc(NC(=O)c2cnoc2C)cc1N1CCCC1=O. The van der Waals surface area contributed by atoms with Gasteiger partial charge in [-0.05, 0) is 38.0 Å². The lowest BCUT2D eigenvalue weighted by atomic mass is 10.1. The minimum Gasteiger partial charge on any atom is -0.361 e. The van der Waals surface area contributed by atoms with E-state index < -0.39 is 0 Å². The van der Waals surface area contributed by atoms with Gasteiger partial charge in [-0.25, -0.2) is 0 Å². The molecule has 22 heavy (non-hydrogen) atoms. The van der Waals surface area contributed by atoms with Crippen LogP contribution < -0.4 is 10.2 Å². The second-order valence-electron chi connectivity index (χ2n) is 5.40. The zero-order chi connectivity index (χ0) is 15.7. The molecule has 6 heteroatoms. The van der Waals surface area contributed by atoms with Crippen LogP contribution in [0, 0.1) is 13.8 Å². The highest BCUT2D eigenvalue weighted by Gasteiger charge is 2.23. The van der Waals surface area contributed by atoms with Crippen LogP contribution in [0.5, 0.6) is 0 Å². The quantitative estimate of drug-likeness (QED) is 0.945. The smallest absolute Gasteiger partial charge is 0.260 e. The number of anilines is 2. The molecule has 0 aliphatic carbocycles. The van der Waals surface area contributed by atoms with Crippen LogP contribution in [0.3, 0.4) is 0 Å². The first-order valence-corrected chi connectivity index (χ1v) is 7.20. The lowest BCUT2D eigenvalue weighted by molar-refractivity contribution is -0.117. The molecular formula is C16H17N3O3. The zero-order valence-electron chi connectivity index (χ0n) is 12.5. The Kier molecular flexibility index (Phi) is 3.66. The predicted octanol–water partition coefficient (Wildman–Crippen LogP) is 2.67. The average molecular weight is 299 g/mol. The molecule has 2 aromatic rings. The normalized spacial score (nSPS) is 14.5. The standard InChI is InChI=1S/C16H17N3O3/c1-10-5-6-12(8-14(10)19-7-3-4-15(19)20)18-16(21)13-9-17-22-11(13)2/h5-6,8-9H,3-4,7H2,1-2H3,(H,18,21). The molecule has 0 spiro atoms. The summed E-state index contributed by atoms with van der Waals surface area (Å²) >= 11 is 0. The summed E-state index contributed by atoms with van der Waals surface area (Å²) in [4.78, 5) is 25.9. The van der Waals surface area contributed by atoms with E-state index in [1.807, 2.05) is 25.1 Å². The maximum Gasteiger partial charge on any atom is 0.260 e. The van der Waals surface area contributed by atoms with Crippen LogP contribution in [0.25, 0.3) is 0 Å². The summed E-state index contributed by atoms with van der Waals surface area (Å²) in [6.45, 7) is 4.36. The van der Waals surface area contributed by atoms with Crippen molar-refractivity contribution in [1.29, 1.82) is 0 Å². The van der Waals surface area contributed by atoms with E-state index in [1.165, 1.54) is 6.20 Å². The molecule has 0 radical (unpaired) electrons. The first-order chi connectivity index (χ1) is 10.6. The number of rotatable bonds is 3. The number of carbonyl (C=O) groups is 2. The lowest BCUT2D eigenvalue weighted by Gasteiger charge is -2.19. The Morgan fingerprint density at radius 3 is 2.82 bits per heavy atom. The molecule has 1 aliphatic rings. The maximum absolute atomic E-state index is 12.2. The van der Waals surface area contributed by atoms with E-state index in [0.29, 0.717) is 23.4 Å². The van der Waals surface area contributed by atoms with Crippen LogP contribution >= 0.6 is 0 Å². The Hall–Kier alpha value is -2.63. The molecule has 1 aromatic heterocycles. The van der Waals surface area contributed by atoms with Gasteiger partial charge in [-0.15, -0.1) is 0 Å². The number of hydrogen-bond acceptors (Lipinski definition) is 4. The molecule has 2 heterocycles. The van der Waals surface area contributed by atoms with Gasteiger partial charge in [0.05, 0.1) is 6.20 Å². The molecule has 0 saturated carbocycles. The van der Waals surface area contributed by atoms with Crippen LogP contribution in [0.2, 0.25) is 0 Å². The highest BCUT2D eigenvalue weighted by Crippen LogP contribution is 2.28. The molecule has 6 nitrogen and oxygen atoms in total. The molecule has 1 fully saturated rings. The van der Waals surface area contributed by atoms with Crippen LogP contribution in [0.4, 0.5) is 11.4 Å². The van der Waals surface area contributed by atoms with Gasteiger partial charge >= 0.3 is 0 Å². The van der Waals surface area contributed by atoms with E-state index in [9.17, 15) is 9.59 Å². The number of nitrogens with one attached hydrogen (secondary N) is 1. The van der Waals surface area contributed by atoms with E-state index in [-0.39, 0.29) is 11.8 Å². The monoisotopic (exact) mass is 299 g/mol. The van der Waals surface area contributed by atoms with Gasteiger partial charge in [-0.2, -0.15) is 0 Å². The fourth-order valence-corrected chi connectivity index (χ4v) is 2.60. The summed E-state index contributed by atoms with van der Waals surface area (Å²) < 4.78 is 4.90. The van der Waals surface area contributed by atoms with E-state index in [1.54, 1.807) is 11.8 Å². The number of carbonyl (C=O) groups excluding carboxylic acids is 2. The largest absolute Gasteiger partial charge is 0.361 e. The fourth-order valence-electron chi connectivity index (χ4n) is 2.60. The maximum atomic E-state index is 12.2. The second kappa shape index (κ2) is 5.63. The summed E-state index contributed by atoms with van der Waals surface area (Å²) in [5.74, 6) is 0.322. The molecule has 0 unspecified atom stereocenters. The first-order valence-electron chi connectivity index (χ1n) is 7.20.